The van der Waals surface area contributed by atoms with Crippen molar-refractivity contribution in [3.05, 3.63) is 6.20 Å². The fraction of sp³-hybridized carbons (Fsp3) is 0.571. The van der Waals surface area contributed by atoms with Crippen LogP contribution < -0.4 is 5.73 Å². The molecule has 0 aliphatic carbocycles. The second kappa shape index (κ2) is 5.40. The Morgan fingerprint density at radius 3 is 3.17 bits per heavy atom. The molecular weight excluding hydrogens is 192 g/mol. The molecule has 0 aliphatic heterocycles. The van der Waals surface area contributed by atoms with Gasteiger partial charge in [0.05, 0.1) is 17.0 Å². The van der Waals surface area contributed by atoms with Crippen LogP contribution in [0.1, 0.15) is 6.92 Å². The number of nitrogen functional groups attached to an aromatic ring is 1. The zero-order valence-corrected chi connectivity index (χ0v) is 8.58. The molecule has 12 heavy (non-hydrogen) atoms. The van der Waals surface area contributed by atoms with Crippen LogP contribution in [0.15, 0.2) is 10.4 Å². The van der Waals surface area contributed by atoms with Gasteiger partial charge in [0.2, 0.25) is 0 Å². The van der Waals surface area contributed by atoms with E-state index in [0.29, 0.717) is 5.13 Å². The molecule has 3 nitrogen and oxygen atoms in total. The van der Waals surface area contributed by atoms with Gasteiger partial charge < -0.3 is 10.5 Å². The Morgan fingerprint density at radius 2 is 2.58 bits per heavy atom. The van der Waals surface area contributed by atoms with E-state index in [9.17, 15) is 0 Å². The molecule has 0 atom stereocenters. The quantitative estimate of drug-likeness (QED) is 0.587. The van der Waals surface area contributed by atoms with E-state index in [4.69, 9.17) is 10.5 Å². The van der Waals surface area contributed by atoms with Crippen LogP contribution in [0.5, 0.6) is 0 Å². The highest BCUT2D eigenvalue weighted by Gasteiger charge is 1.98. The summed E-state index contributed by atoms with van der Waals surface area (Å²) in [4.78, 5) is 3.95. The van der Waals surface area contributed by atoms with Gasteiger partial charge in [-0.2, -0.15) is 0 Å². The number of nitrogens with zero attached hydrogens (tertiary/aromatic N) is 1. The summed E-state index contributed by atoms with van der Waals surface area (Å²) in [5, 5.41) is 0.633. The molecule has 0 amide bonds. The molecule has 5 heteroatoms. The first-order valence-corrected chi connectivity index (χ1v) is 5.55. The molecule has 1 aromatic heterocycles. The Morgan fingerprint density at radius 1 is 1.75 bits per heavy atom. The number of rotatable bonds is 5. The monoisotopic (exact) mass is 204 g/mol. The maximum absolute atomic E-state index is 5.47. The number of hydrogen-bond acceptors (Lipinski definition) is 5. The molecule has 1 rings (SSSR count). The van der Waals surface area contributed by atoms with Crippen LogP contribution in [0, 0.1) is 0 Å². The van der Waals surface area contributed by atoms with E-state index in [2.05, 4.69) is 4.98 Å². The fourth-order valence-electron chi connectivity index (χ4n) is 0.684. The number of nitrogens with two attached hydrogens (primary N) is 1. The first kappa shape index (κ1) is 9.83. The summed E-state index contributed by atoms with van der Waals surface area (Å²) in [5.41, 5.74) is 5.47. The van der Waals surface area contributed by atoms with E-state index in [1.165, 1.54) is 11.3 Å². The van der Waals surface area contributed by atoms with Crippen molar-refractivity contribution in [1.82, 2.24) is 4.98 Å². The molecule has 1 heterocycles. The molecule has 0 radical (unpaired) electrons. The van der Waals surface area contributed by atoms with Gasteiger partial charge in [0.15, 0.2) is 5.13 Å². The lowest BCUT2D eigenvalue weighted by Crippen LogP contribution is -1.94. The lowest BCUT2D eigenvalue weighted by molar-refractivity contribution is 0.164. The van der Waals surface area contributed by atoms with Crippen molar-refractivity contribution in [3.63, 3.8) is 0 Å². The number of aromatic nitrogens is 1. The van der Waals surface area contributed by atoms with Crippen LogP contribution in [-0.2, 0) is 4.74 Å². The maximum atomic E-state index is 5.47. The van der Waals surface area contributed by atoms with Crippen LogP contribution in [-0.4, -0.2) is 24.0 Å². The average molecular weight is 204 g/mol. The third-order valence-corrected chi connectivity index (χ3v) is 3.16. The van der Waals surface area contributed by atoms with Gasteiger partial charge in [0.25, 0.3) is 0 Å². The summed E-state index contributed by atoms with van der Waals surface area (Å²) < 4.78 is 6.35. The number of ether oxygens (including phenoxy) is 1. The fourth-order valence-corrected chi connectivity index (χ4v) is 2.37. The van der Waals surface area contributed by atoms with E-state index in [1.807, 2.05) is 6.92 Å². The van der Waals surface area contributed by atoms with E-state index in [1.54, 1.807) is 18.0 Å². The third kappa shape index (κ3) is 3.42. The number of anilines is 1. The number of hydrogen-bond donors (Lipinski definition) is 1. The summed E-state index contributed by atoms with van der Waals surface area (Å²) in [7, 11) is 0. The van der Waals surface area contributed by atoms with Gasteiger partial charge >= 0.3 is 0 Å². The molecule has 0 saturated carbocycles. The molecule has 0 bridgehead atoms. The standard InChI is InChI=1S/C7H12N2OS2/c1-2-10-3-4-11-6-5-9-7(8)12-6/h5H,2-4H2,1H3,(H2,8,9). The smallest absolute Gasteiger partial charge is 0.181 e. The van der Waals surface area contributed by atoms with Gasteiger partial charge in [-0.1, -0.05) is 11.3 Å². The highest BCUT2D eigenvalue weighted by Crippen LogP contribution is 2.25. The van der Waals surface area contributed by atoms with E-state index in [-0.39, 0.29) is 0 Å². The molecule has 0 saturated heterocycles. The number of thiazole rings is 1. The largest absolute Gasteiger partial charge is 0.381 e. The Bertz CT molecular complexity index is 227. The topological polar surface area (TPSA) is 48.1 Å². The summed E-state index contributed by atoms with van der Waals surface area (Å²) >= 11 is 3.25. The molecule has 0 aromatic carbocycles. The van der Waals surface area contributed by atoms with Crippen molar-refractivity contribution < 1.29 is 4.74 Å². The second-order valence-corrected chi connectivity index (χ2v) is 4.52. The van der Waals surface area contributed by atoms with Gasteiger partial charge in [-0.25, -0.2) is 4.98 Å². The lowest BCUT2D eigenvalue weighted by atomic mass is 10.8. The van der Waals surface area contributed by atoms with Crippen molar-refractivity contribution in [2.24, 2.45) is 0 Å². The number of thioether (sulfide) groups is 1. The summed E-state index contributed by atoms with van der Waals surface area (Å²) in [5.74, 6) is 0.968. The molecule has 0 spiro atoms. The summed E-state index contributed by atoms with van der Waals surface area (Å²) in [6.45, 7) is 3.57. The van der Waals surface area contributed by atoms with Gasteiger partial charge in [-0.15, -0.1) is 11.8 Å². The first-order valence-electron chi connectivity index (χ1n) is 3.74. The van der Waals surface area contributed by atoms with Crippen molar-refractivity contribution in [2.75, 3.05) is 24.7 Å². The van der Waals surface area contributed by atoms with Crippen LogP contribution in [0.2, 0.25) is 0 Å². The van der Waals surface area contributed by atoms with Crippen LogP contribution in [0.25, 0.3) is 0 Å². The zero-order valence-electron chi connectivity index (χ0n) is 6.95. The predicted molar refractivity (Wildman–Crippen MR) is 53.7 cm³/mol. The molecule has 1 aromatic rings. The van der Waals surface area contributed by atoms with Crippen molar-refractivity contribution in [1.29, 1.82) is 0 Å². The normalized spacial score (nSPS) is 10.4. The van der Waals surface area contributed by atoms with E-state index < -0.39 is 0 Å². The summed E-state index contributed by atoms with van der Waals surface area (Å²) in [6, 6.07) is 0. The minimum Gasteiger partial charge on any atom is -0.381 e. The molecule has 0 fully saturated rings. The van der Waals surface area contributed by atoms with Gasteiger partial charge in [0, 0.05) is 12.4 Å². The molecular formula is C7H12N2OS2. The van der Waals surface area contributed by atoms with Crippen LogP contribution in [0.4, 0.5) is 5.13 Å². The zero-order chi connectivity index (χ0) is 8.81. The Kier molecular flexibility index (Phi) is 4.42. The van der Waals surface area contributed by atoms with Crippen molar-refractivity contribution in [2.45, 2.75) is 11.1 Å². The van der Waals surface area contributed by atoms with Crippen molar-refractivity contribution in [3.8, 4) is 0 Å². The lowest BCUT2D eigenvalue weighted by Gasteiger charge is -1.97. The second-order valence-electron chi connectivity index (χ2n) is 2.06. The highest BCUT2D eigenvalue weighted by molar-refractivity contribution is 8.01. The summed E-state index contributed by atoms with van der Waals surface area (Å²) in [6.07, 6.45) is 1.80. The van der Waals surface area contributed by atoms with Crippen LogP contribution >= 0.6 is 23.1 Å². The van der Waals surface area contributed by atoms with Crippen LogP contribution in [0.3, 0.4) is 0 Å². The SMILES string of the molecule is CCOCCSc1cnc(N)s1. The molecule has 68 valence electrons. The van der Waals surface area contributed by atoms with Crippen molar-refractivity contribution >= 4 is 28.2 Å². The Labute approximate surface area is 80.3 Å². The Hall–Kier alpha value is -0.260. The van der Waals surface area contributed by atoms with E-state index >= 15 is 0 Å². The first-order chi connectivity index (χ1) is 5.83. The minimum absolute atomic E-state index is 0.633. The van der Waals surface area contributed by atoms with Gasteiger partial charge in [-0.3, -0.25) is 0 Å². The van der Waals surface area contributed by atoms with E-state index in [0.717, 1.165) is 23.2 Å². The Balaban J connectivity index is 2.15. The van der Waals surface area contributed by atoms with Gasteiger partial charge in [-0.05, 0) is 6.92 Å². The highest BCUT2D eigenvalue weighted by atomic mass is 32.2. The third-order valence-electron chi connectivity index (χ3n) is 1.18. The maximum Gasteiger partial charge on any atom is 0.181 e. The molecule has 2 N–H and O–H groups in total. The minimum atomic E-state index is 0.633. The van der Waals surface area contributed by atoms with Gasteiger partial charge in [0.1, 0.15) is 0 Å². The predicted octanol–water partition coefficient (Wildman–Crippen LogP) is 1.85. The molecule has 0 aliphatic rings. The molecule has 0 unspecified atom stereocenters. The average Bonchev–Trinajstić information content (AvgIpc) is 2.45.